The Balaban J connectivity index is 1.39. The molecule has 3 aliphatic heterocycles. The molecule has 0 radical (unpaired) electrons. The SMILES string of the molecule is O=C1c2c(C(F)(F)F)ccnc2OCCC=CCC2N1CCCC2(Oc1csc(C(F)(F)F)c1)C(=O)N1CCN(c2ccccc2OCCO)CC1. The summed E-state index contributed by atoms with van der Waals surface area (Å²) < 4.78 is 102. The zero-order valence-corrected chi connectivity index (χ0v) is 28.6. The van der Waals surface area contributed by atoms with Crippen molar-refractivity contribution in [3.63, 3.8) is 0 Å². The predicted molar refractivity (Wildman–Crippen MR) is 178 cm³/mol. The summed E-state index contributed by atoms with van der Waals surface area (Å²) in [5, 5.41) is 10.4. The van der Waals surface area contributed by atoms with Crippen LogP contribution in [0.1, 0.15) is 46.5 Å². The van der Waals surface area contributed by atoms with Gasteiger partial charge in [0.05, 0.1) is 30.5 Å². The molecule has 2 saturated heterocycles. The number of ether oxygens (including phenoxy) is 3. The first-order chi connectivity index (χ1) is 24.8. The summed E-state index contributed by atoms with van der Waals surface area (Å²) >= 11 is 0.384. The van der Waals surface area contributed by atoms with Crippen LogP contribution in [0, 0.1) is 0 Å². The van der Waals surface area contributed by atoms with Crippen LogP contribution in [-0.4, -0.2) is 95.9 Å². The fourth-order valence-electron chi connectivity index (χ4n) is 6.91. The third-order valence-electron chi connectivity index (χ3n) is 9.25. The van der Waals surface area contributed by atoms with Crippen molar-refractivity contribution in [3.05, 3.63) is 76.1 Å². The van der Waals surface area contributed by atoms with Gasteiger partial charge in [-0.25, -0.2) is 4.98 Å². The first kappa shape index (κ1) is 37.3. The number of halogens is 6. The summed E-state index contributed by atoms with van der Waals surface area (Å²) in [5.41, 5.74) is -3.30. The molecule has 3 aliphatic rings. The van der Waals surface area contributed by atoms with Crippen LogP contribution in [0.5, 0.6) is 17.4 Å². The van der Waals surface area contributed by atoms with E-state index in [-0.39, 0.29) is 70.9 Å². The normalized spacial score (nSPS) is 21.5. The van der Waals surface area contributed by atoms with Crippen molar-refractivity contribution in [2.24, 2.45) is 0 Å². The second-order valence-corrected chi connectivity index (χ2v) is 13.4. The van der Waals surface area contributed by atoms with Crippen molar-refractivity contribution >= 4 is 28.8 Å². The number of piperazine rings is 1. The summed E-state index contributed by atoms with van der Waals surface area (Å²) in [6.07, 6.45) is -5.08. The van der Waals surface area contributed by atoms with Crippen molar-refractivity contribution in [2.45, 2.75) is 49.7 Å². The number of alkyl halides is 6. The topological polar surface area (TPSA) is 105 Å². The van der Waals surface area contributed by atoms with Gasteiger partial charge in [0, 0.05) is 56.8 Å². The number of carbonyl (C=O) groups is 2. The smallest absolute Gasteiger partial charge is 0.425 e. The molecule has 2 unspecified atom stereocenters. The third kappa shape index (κ3) is 7.65. The van der Waals surface area contributed by atoms with Crippen LogP contribution < -0.4 is 19.1 Å². The number of piperidine rings is 1. The van der Waals surface area contributed by atoms with Gasteiger partial charge in [0.1, 0.15) is 28.5 Å². The second-order valence-electron chi connectivity index (χ2n) is 12.5. The minimum atomic E-state index is -4.95. The fraction of sp³-hybridized carbons (Fsp3) is 0.457. The number of amides is 2. The molecule has 1 aromatic carbocycles. The van der Waals surface area contributed by atoms with Crippen LogP contribution in [0.2, 0.25) is 0 Å². The van der Waals surface area contributed by atoms with Gasteiger partial charge in [-0.3, -0.25) is 9.59 Å². The number of aliphatic hydroxyl groups excluding tert-OH is 1. The number of fused-ring (bicyclic) bond motifs is 2. The van der Waals surface area contributed by atoms with Gasteiger partial charge in [0.25, 0.3) is 11.8 Å². The standard InChI is InChI=1S/C35H36F6N4O6S/c36-34(37,38)24-10-12-42-30-29(24)31(47)45-13-6-11-33(27(45)9-2-1-5-19-50-30,51-23-21-28(52-22-23)35(39,40)41)32(48)44-16-14-43(15-17-44)25-7-3-4-8-26(25)49-20-18-46/h1-4,7-8,10,12,21-22,27,46H,5-6,9,11,13-20H2. The molecule has 0 saturated carbocycles. The van der Waals surface area contributed by atoms with E-state index in [1.165, 1.54) is 4.90 Å². The Morgan fingerprint density at radius 3 is 2.52 bits per heavy atom. The average molecular weight is 755 g/mol. The quantitative estimate of drug-likeness (QED) is 0.230. The van der Waals surface area contributed by atoms with Crippen LogP contribution in [0.4, 0.5) is 32.0 Å². The van der Waals surface area contributed by atoms with Gasteiger partial charge < -0.3 is 34.0 Å². The van der Waals surface area contributed by atoms with Crippen molar-refractivity contribution in [3.8, 4) is 17.4 Å². The number of carbonyl (C=O) groups excluding carboxylic acids is 2. The van der Waals surface area contributed by atoms with E-state index in [0.29, 0.717) is 36.2 Å². The predicted octanol–water partition coefficient (Wildman–Crippen LogP) is 6.05. The highest BCUT2D eigenvalue weighted by Gasteiger charge is 2.56. The van der Waals surface area contributed by atoms with Crippen LogP contribution in [0.3, 0.4) is 0 Å². The molecule has 2 aromatic heterocycles. The number of nitrogens with zero attached hydrogens (tertiary/aromatic N) is 4. The molecular formula is C35H36F6N4O6S. The minimum absolute atomic E-state index is 0.0219. The summed E-state index contributed by atoms with van der Waals surface area (Å²) in [5.74, 6) is -1.89. The number of benzene rings is 1. The first-order valence-corrected chi connectivity index (χ1v) is 17.6. The molecule has 3 aromatic rings. The van der Waals surface area contributed by atoms with E-state index in [9.17, 15) is 41.0 Å². The van der Waals surface area contributed by atoms with Crippen molar-refractivity contribution in [1.82, 2.24) is 14.8 Å². The Morgan fingerprint density at radius 2 is 1.81 bits per heavy atom. The van der Waals surface area contributed by atoms with Gasteiger partial charge in [-0.2, -0.15) is 26.3 Å². The van der Waals surface area contributed by atoms with E-state index < -0.39 is 57.7 Å². The van der Waals surface area contributed by atoms with Gasteiger partial charge in [-0.15, -0.1) is 11.3 Å². The van der Waals surface area contributed by atoms with Crippen molar-refractivity contribution in [1.29, 1.82) is 0 Å². The number of aliphatic hydroxyl groups is 1. The molecule has 0 spiro atoms. The highest BCUT2D eigenvalue weighted by molar-refractivity contribution is 7.10. The highest BCUT2D eigenvalue weighted by atomic mass is 32.1. The number of rotatable bonds is 7. The molecule has 0 bridgehead atoms. The Labute approximate surface area is 299 Å². The number of hydrogen-bond acceptors (Lipinski definition) is 9. The lowest BCUT2D eigenvalue weighted by Gasteiger charge is -2.50. The zero-order valence-electron chi connectivity index (χ0n) is 27.8. The van der Waals surface area contributed by atoms with Crippen LogP contribution in [0.25, 0.3) is 0 Å². The molecule has 5 heterocycles. The summed E-state index contributed by atoms with van der Waals surface area (Å²) in [6, 6.07) is 7.46. The van der Waals surface area contributed by atoms with E-state index in [1.807, 2.05) is 17.0 Å². The number of anilines is 1. The summed E-state index contributed by atoms with van der Waals surface area (Å²) in [4.78, 5) is 36.9. The highest BCUT2D eigenvalue weighted by Crippen LogP contribution is 2.44. The fourth-order valence-corrected chi connectivity index (χ4v) is 7.59. The summed E-state index contributed by atoms with van der Waals surface area (Å²) in [7, 11) is 0. The zero-order chi connectivity index (χ0) is 37.1. The molecule has 17 heteroatoms. The number of thiophene rings is 1. The molecule has 10 nitrogen and oxygen atoms in total. The Morgan fingerprint density at radius 1 is 1.04 bits per heavy atom. The maximum Gasteiger partial charge on any atom is 0.425 e. The molecule has 0 aliphatic carbocycles. The first-order valence-electron chi connectivity index (χ1n) is 16.7. The van der Waals surface area contributed by atoms with Crippen molar-refractivity contribution in [2.75, 3.05) is 57.4 Å². The third-order valence-corrected chi connectivity index (χ3v) is 10.2. The molecule has 52 heavy (non-hydrogen) atoms. The average Bonchev–Trinajstić information content (AvgIpc) is 3.60. The number of para-hydroxylation sites is 2. The number of aromatic nitrogens is 1. The summed E-state index contributed by atoms with van der Waals surface area (Å²) in [6.45, 7) is 0.732. The van der Waals surface area contributed by atoms with Gasteiger partial charge in [0.2, 0.25) is 11.5 Å². The molecular weight excluding hydrogens is 718 g/mol. The molecule has 2 atom stereocenters. The van der Waals surface area contributed by atoms with E-state index in [2.05, 4.69) is 4.98 Å². The van der Waals surface area contributed by atoms with Gasteiger partial charge in [-0.1, -0.05) is 24.3 Å². The van der Waals surface area contributed by atoms with E-state index in [4.69, 9.17) is 14.2 Å². The molecule has 1 N–H and O–H groups in total. The van der Waals surface area contributed by atoms with Gasteiger partial charge in [0.15, 0.2) is 0 Å². The van der Waals surface area contributed by atoms with Gasteiger partial charge >= 0.3 is 12.4 Å². The van der Waals surface area contributed by atoms with Gasteiger partial charge in [-0.05, 0) is 37.5 Å². The van der Waals surface area contributed by atoms with Crippen LogP contribution in [0.15, 0.2) is 60.1 Å². The molecule has 2 amide bonds. The lowest BCUT2D eigenvalue weighted by Crippen LogP contribution is -2.69. The minimum Gasteiger partial charge on any atom is -0.489 e. The maximum absolute atomic E-state index is 14.9. The molecule has 6 rings (SSSR count). The monoisotopic (exact) mass is 754 g/mol. The molecule has 2 fully saturated rings. The Kier molecular flexibility index (Phi) is 10.9. The van der Waals surface area contributed by atoms with Crippen molar-refractivity contribution < 1.29 is 55.2 Å². The molecule has 280 valence electrons. The lowest BCUT2D eigenvalue weighted by molar-refractivity contribution is -0.159. The largest absolute Gasteiger partial charge is 0.489 e. The van der Waals surface area contributed by atoms with E-state index in [1.54, 1.807) is 24.3 Å². The second kappa shape index (κ2) is 15.2. The Hall–Kier alpha value is -4.51. The van der Waals surface area contributed by atoms with E-state index in [0.717, 1.165) is 28.2 Å². The Bertz CT molecular complexity index is 1780. The van der Waals surface area contributed by atoms with Crippen LogP contribution >= 0.6 is 11.3 Å². The van der Waals surface area contributed by atoms with Crippen LogP contribution in [-0.2, 0) is 17.1 Å². The maximum atomic E-state index is 14.9. The number of pyridine rings is 1. The lowest BCUT2D eigenvalue weighted by atomic mass is 9.80. The van der Waals surface area contributed by atoms with E-state index >= 15 is 0 Å². The number of hydrogen-bond donors (Lipinski definition) is 1.